The van der Waals surface area contributed by atoms with Gasteiger partial charge >= 0.3 is 5.97 Å². The summed E-state index contributed by atoms with van der Waals surface area (Å²) >= 11 is 5.84. The van der Waals surface area contributed by atoms with Crippen LogP contribution in [0.15, 0.2) is 29.8 Å². The molecule has 5 heteroatoms. The lowest BCUT2D eigenvalue weighted by molar-refractivity contribution is -0.132. The van der Waals surface area contributed by atoms with E-state index >= 15 is 0 Å². The molecule has 18 heavy (non-hydrogen) atoms. The topological polar surface area (TPSA) is 70.3 Å². The third-order valence-corrected chi connectivity index (χ3v) is 2.63. The maximum absolute atomic E-state index is 10.8. The standard InChI is InChI=1S/C13H12ClNO3/c1-2-9(13(16)17)6-7-18-12-5-3-4-11(14)10(12)8-15/h3-6H,2,7H2,1H3,(H,16,17)/b9-6-. The number of halogens is 1. The van der Waals surface area contributed by atoms with Crippen molar-refractivity contribution in [2.24, 2.45) is 0 Å². The first kappa shape index (κ1) is 14.1. The van der Waals surface area contributed by atoms with Crippen LogP contribution < -0.4 is 4.74 Å². The average molecular weight is 266 g/mol. The van der Waals surface area contributed by atoms with Crippen LogP contribution in [0.1, 0.15) is 18.9 Å². The first-order chi connectivity index (χ1) is 8.60. The van der Waals surface area contributed by atoms with Crippen molar-refractivity contribution in [2.75, 3.05) is 6.61 Å². The molecule has 0 fully saturated rings. The van der Waals surface area contributed by atoms with Gasteiger partial charge in [0.15, 0.2) is 0 Å². The molecule has 1 rings (SSSR count). The third kappa shape index (κ3) is 3.51. The van der Waals surface area contributed by atoms with E-state index in [9.17, 15) is 4.79 Å². The Labute approximate surface area is 110 Å². The SMILES string of the molecule is CC/C(=C/COc1cccc(Cl)c1C#N)C(=O)O. The van der Waals surface area contributed by atoms with E-state index in [4.69, 9.17) is 26.7 Å². The first-order valence-electron chi connectivity index (χ1n) is 5.33. The van der Waals surface area contributed by atoms with Gasteiger partial charge in [-0.05, 0) is 24.6 Å². The summed E-state index contributed by atoms with van der Waals surface area (Å²) in [5.74, 6) is -0.616. The Hall–Kier alpha value is -1.99. The molecule has 0 atom stereocenters. The molecule has 0 aliphatic rings. The Morgan fingerprint density at radius 2 is 2.33 bits per heavy atom. The molecule has 0 aliphatic heterocycles. The molecule has 0 spiro atoms. The van der Waals surface area contributed by atoms with Crippen LogP contribution in [0.4, 0.5) is 0 Å². The van der Waals surface area contributed by atoms with E-state index in [1.807, 2.05) is 6.07 Å². The summed E-state index contributed by atoms with van der Waals surface area (Å²) in [7, 11) is 0. The second-order valence-corrected chi connectivity index (χ2v) is 3.83. The number of carboxylic acid groups (broad SMARTS) is 1. The van der Waals surface area contributed by atoms with E-state index in [1.165, 1.54) is 6.08 Å². The fourth-order valence-electron chi connectivity index (χ4n) is 1.35. The minimum Gasteiger partial charge on any atom is -0.488 e. The summed E-state index contributed by atoms with van der Waals surface area (Å²) in [5.41, 5.74) is 0.525. The number of nitriles is 1. The highest BCUT2D eigenvalue weighted by Crippen LogP contribution is 2.25. The van der Waals surface area contributed by atoms with Crippen molar-refractivity contribution in [3.63, 3.8) is 0 Å². The maximum atomic E-state index is 10.8. The van der Waals surface area contributed by atoms with Crippen LogP contribution in [-0.4, -0.2) is 17.7 Å². The zero-order chi connectivity index (χ0) is 13.5. The second-order valence-electron chi connectivity index (χ2n) is 3.42. The van der Waals surface area contributed by atoms with Gasteiger partial charge in [-0.2, -0.15) is 5.26 Å². The van der Waals surface area contributed by atoms with Crippen molar-refractivity contribution in [3.05, 3.63) is 40.4 Å². The molecule has 1 aromatic rings. The number of rotatable bonds is 5. The molecule has 0 aliphatic carbocycles. The third-order valence-electron chi connectivity index (χ3n) is 2.31. The highest BCUT2D eigenvalue weighted by Gasteiger charge is 2.07. The van der Waals surface area contributed by atoms with E-state index in [0.717, 1.165) is 0 Å². The van der Waals surface area contributed by atoms with Crippen molar-refractivity contribution in [1.29, 1.82) is 5.26 Å². The van der Waals surface area contributed by atoms with Gasteiger partial charge in [0.25, 0.3) is 0 Å². The normalized spacial score (nSPS) is 10.8. The number of carboxylic acids is 1. The van der Waals surface area contributed by atoms with Gasteiger partial charge < -0.3 is 9.84 Å². The van der Waals surface area contributed by atoms with E-state index in [0.29, 0.717) is 17.2 Å². The largest absolute Gasteiger partial charge is 0.488 e. The minimum absolute atomic E-state index is 0.0878. The molecule has 94 valence electrons. The fraction of sp³-hybridized carbons (Fsp3) is 0.231. The number of carbonyl (C=O) groups is 1. The number of hydrogen-bond donors (Lipinski definition) is 1. The van der Waals surface area contributed by atoms with Crippen LogP contribution in [0.5, 0.6) is 5.75 Å². The number of nitrogens with zero attached hydrogens (tertiary/aromatic N) is 1. The zero-order valence-electron chi connectivity index (χ0n) is 9.81. The van der Waals surface area contributed by atoms with Gasteiger partial charge in [-0.3, -0.25) is 0 Å². The van der Waals surface area contributed by atoms with Crippen molar-refractivity contribution in [2.45, 2.75) is 13.3 Å². The van der Waals surface area contributed by atoms with Crippen molar-refractivity contribution in [1.82, 2.24) is 0 Å². The zero-order valence-corrected chi connectivity index (χ0v) is 10.6. The quantitative estimate of drug-likeness (QED) is 0.831. The van der Waals surface area contributed by atoms with Crippen molar-refractivity contribution >= 4 is 17.6 Å². The van der Waals surface area contributed by atoms with E-state index in [-0.39, 0.29) is 17.7 Å². The van der Waals surface area contributed by atoms with Crippen LogP contribution in [0, 0.1) is 11.3 Å². The van der Waals surface area contributed by atoms with Crippen LogP contribution >= 0.6 is 11.6 Å². The van der Waals surface area contributed by atoms with E-state index < -0.39 is 5.97 Å². The Morgan fingerprint density at radius 1 is 1.61 bits per heavy atom. The summed E-state index contributed by atoms with van der Waals surface area (Å²) < 4.78 is 5.34. The maximum Gasteiger partial charge on any atom is 0.331 e. The molecule has 0 unspecified atom stereocenters. The molecule has 0 bridgehead atoms. The highest BCUT2D eigenvalue weighted by atomic mass is 35.5. The van der Waals surface area contributed by atoms with Gasteiger partial charge in [-0.15, -0.1) is 0 Å². The molecular weight excluding hydrogens is 254 g/mol. The van der Waals surface area contributed by atoms with Crippen molar-refractivity contribution in [3.8, 4) is 11.8 Å². The summed E-state index contributed by atoms with van der Waals surface area (Å²) in [6.45, 7) is 1.84. The summed E-state index contributed by atoms with van der Waals surface area (Å²) in [6.07, 6.45) is 1.89. The summed E-state index contributed by atoms with van der Waals surface area (Å²) in [6, 6.07) is 6.82. The Balaban J connectivity index is 2.79. The van der Waals surface area contributed by atoms with Gasteiger partial charge in [-0.1, -0.05) is 24.6 Å². The van der Waals surface area contributed by atoms with Gasteiger partial charge in [0.2, 0.25) is 0 Å². The van der Waals surface area contributed by atoms with Gasteiger partial charge in [0, 0.05) is 5.57 Å². The average Bonchev–Trinajstić information content (AvgIpc) is 2.34. The van der Waals surface area contributed by atoms with Crippen molar-refractivity contribution < 1.29 is 14.6 Å². The lowest BCUT2D eigenvalue weighted by Gasteiger charge is -2.06. The predicted octanol–water partition coefficient (Wildman–Crippen LogP) is 3.01. The molecular formula is C13H12ClNO3. The molecule has 0 aromatic heterocycles. The number of benzene rings is 1. The molecule has 0 saturated heterocycles. The van der Waals surface area contributed by atoms with Gasteiger partial charge in [0.1, 0.15) is 24.0 Å². The minimum atomic E-state index is -0.965. The van der Waals surface area contributed by atoms with E-state index in [2.05, 4.69) is 0 Å². The van der Waals surface area contributed by atoms with Gasteiger partial charge in [0.05, 0.1) is 5.02 Å². The van der Waals surface area contributed by atoms with Crippen LogP contribution in [0.25, 0.3) is 0 Å². The number of ether oxygens (including phenoxy) is 1. The fourth-order valence-corrected chi connectivity index (χ4v) is 1.56. The lowest BCUT2D eigenvalue weighted by Crippen LogP contribution is -2.03. The Morgan fingerprint density at radius 3 is 2.89 bits per heavy atom. The highest BCUT2D eigenvalue weighted by molar-refractivity contribution is 6.31. The first-order valence-corrected chi connectivity index (χ1v) is 5.71. The van der Waals surface area contributed by atoms with Crippen LogP contribution in [0.2, 0.25) is 5.02 Å². The molecule has 1 aromatic carbocycles. The summed E-state index contributed by atoms with van der Waals surface area (Å²) in [5, 5.41) is 18.0. The predicted molar refractivity (Wildman–Crippen MR) is 67.7 cm³/mol. The van der Waals surface area contributed by atoms with Crippen LogP contribution in [-0.2, 0) is 4.79 Å². The molecule has 0 radical (unpaired) electrons. The Kier molecular flexibility index (Phi) is 5.22. The molecule has 0 heterocycles. The monoisotopic (exact) mass is 265 g/mol. The number of hydrogen-bond acceptors (Lipinski definition) is 3. The molecule has 0 amide bonds. The lowest BCUT2D eigenvalue weighted by atomic mass is 10.2. The van der Waals surface area contributed by atoms with Crippen LogP contribution in [0.3, 0.4) is 0 Å². The summed E-state index contributed by atoms with van der Waals surface area (Å²) in [4.78, 5) is 10.8. The Bertz CT molecular complexity index is 517. The molecule has 1 N–H and O–H groups in total. The number of aliphatic carboxylic acids is 1. The smallest absolute Gasteiger partial charge is 0.331 e. The van der Waals surface area contributed by atoms with E-state index in [1.54, 1.807) is 25.1 Å². The second kappa shape index (κ2) is 6.67. The molecule has 4 nitrogen and oxygen atoms in total. The molecule has 0 saturated carbocycles. The van der Waals surface area contributed by atoms with Gasteiger partial charge in [-0.25, -0.2) is 4.79 Å².